The van der Waals surface area contributed by atoms with E-state index in [1.807, 2.05) is 30.3 Å². The number of benzene rings is 1. The summed E-state index contributed by atoms with van der Waals surface area (Å²) in [6, 6.07) is 11.7. The molecule has 2 aromatic rings. The maximum atomic E-state index is 12.5. The number of amides is 1. The molecule has 1 aromatic heterocycles. The highest BCUT2D eigenvalue weighted by Gasteiger charge is 2.14. The first kappa shape index (κ1) is 18.9. The largest absolute Gasteiger partial charge is 0.367 e. The molecule has 25 heavy (non-hydrogen) atoms. The van der Waals surface area contributed by atoms with Gasteiger partial charge >= 0.3 is 0 Å². The van der Waals surface area contributed by atoms with E-state index in [1.165, 1.54) is 0 Å². The van der Waals surface area contributed by atoms with Crippen molar-refractivity contribution in [3.63, 3.8) is 0 Å². The van der Waals surface area contributed by atoms with E-state index in [4.69, 9.17) is 0 Å². The molecule has 5 nitrogen and oxygen atoms in total. The molecule has 0 aliphatic carbocycles. The van der Waals surface area contributed by atoms with Crippen molar-refractivity contribution in [3.05, 3.63) is 42.1 Å². The molecule has 5 heteroatoms. The number of nitrogens with zero attached hydrogens (tertiary/aromatic N) is 2. The lowest BCUT2D eigenvalue weighted by Crippen LogP contribution is -2.27. The Morgan fingerprint density at radius 2 is 1.84 bits per heavy atom. The number of aromatic nitrogens is 2. The molecule has 0 saturated heterocycles. The molecule has 2 rings (SSSR count). The summed E-state index contributed by atoms with van der Waals surface area (Å²) in [6.07, 6.45) is 1.92. The van der Waals surface area contributed by atoms with E-state index in [9.17, 15) is 4.79 Å². The third kappa shape index (κ3) is 5.85. The monoisotopic (exact) mass is 340 g/mol. The quantitative estimate of drug-likeness (QED) is 0.758. The van der Waals surface area contributed by atoms with Crippen LogP contribution in [-0.2, 0) is 0 Å². The maximum Gasteiger partial charge on any atom is 0.270 e. The highest BCUT2D eigenvalue weighted by atomic mass is 16.1. The van der Waals surface area contributed by atoms with Gasteiger partial charge in [-0.25, -0.2) is 9.97 Å². The smallest absolute Gasteiger partial charge is 0.270 e. The molecule has 0 aliphatic heterocycles. The van der Waals surface area contributed by atoms with Crippen LogP contribution in [0.2, 0.25) is 0 Å². The zero-order chi connectivity index (χ0) is 18.2. The zero-order valence-electron chi connectivity index (χ0n) is 15.5. The first-order valence-corrected chi connectivity index (χ1v) is 8.98. The topological polar surface area (TPSA) is 66.9 Å². The van der Waals surface area contributed by atoms with E-state index in [0.29, 0.717) is 29.8 Å². The van der Waals surface area contributed by atoms with Gasteiger partial charge in [0, 0.05) is 24.2 Å². The van der Waals surface area contributed by atoms with Crippen molar-refractivity contribution >= 4 is 11.7 Å². The fraction of sp³-hybridized carbons (Fsp3) is 0.450. The zero-order valence-corrected chi connectivity index (χ0v) is 15.5. The average molecular weight is 340 g/mol. The van der Waals surface area contributed by atoms with Gasteiger partial charge in [0.15, 0.2) is 5.82 Å². The van der Waals surface area contributed by atoms with Crippen molar-refractivity contribution in [1.29, 1.82) is 0 Å². The molecule has 1 atom stereocenters. The van der Waals surface area contributed by atoms with E-state index >= 15 is 0 Å². The third-order valence-corrected chi connectivity index (χ3v) is 4.00. The normalized spacial score (nSPS) is 12.0. The van der Waals surface area contributed by atoms with Gasteiger partial charge in [-0.2, -0.15) is 0 Å². The number of anilines is 1. The Labute approximate surface area is 150 Å². The van der Waals surface area contributed by atoms with Crippen LogP contribution in [0.25, 0.3) is 11.4 Å². The van der Waals surface area contributed by atoms with Crippen LogP contribution in [0.15, 0.2) is 36.4 Å². The molecule has 1 unspecified atom stereocenters. The van der Waals surface area contributed by atoms with Crippen LogP contribution in [0, 0.1) is 5.92 Å². The third-order valence-electron chi connectivity index (χ3n) is 4.00. The molecule has 1 amide bonds. The van der Waals surface area contributed by atoms with Crippen LogP contribution >= 0.6 is 0 Å². The van der Waals surface area contributed by atoms with Crippen LogP contribution < -0.4 is 10.6 Å². The van der Waals surface area contributed by atoms with Crippen molar-refractivity contribution in [2.45, 2.75) is 46.6 Å². The predicted molar refractivity (Wildman–Crippen MR) is 103 cm³/mol. The van der Waals surface area contributed by atoms with E-state index in [1.54, 1.807) is 6.07 Å². The van der Waals surface area contributed by atoms with Gasteiger partial charge < -0.3 is 10.6 Å². The molecule has 0 aliphatic rings. The summed E-state index contributed by atoms with van der Waals surface area (Å²) in [5.74, 6) is 1.63. The van der Waals surface area contributed by atoms with Crippen LogP contribution in [-0.4, -0.2) is 28.5 Å². The molecular formula is C20H28N4O. The number of carbonyl (C=O) groups excluding carboxylic acids is 1. The molecular weight excluding hydrogens is 312 g/mol. The van der Waals surface area contributed by atoms with Crippen molar-refractivity contribution in [1.82, 2.24) is 15.3 Å². The van der Waals surface area contributed by atoms with Crippen LogP contribution in [0.5, 0.6) is 0 Å². The van der Waals surface area contributed by atoms with E-state index in [-0.39, 0.29) is 11.9 Å². The van der Waals surface area contributed by atoms with E-state index < -0.39 is 0 Å². The summed E-state index contributed by atoms with van der Waals surface area (Å²) in [7, 11) is 0. The summed E-state index contributed by atoms with van der Waals surface area (Å²) in [6.45, 7) is 9.12. The van der Waals surface area contributed by atoms with Gasteiger partial charge in [0.25, 0.3) is 5.91 Å². The van der Waals surface area contributed by atoms with E-state index in [0.717, 1.165) is 18.4 Å². The number of hydrogen-bond donors (Lipinski definition) is 2. The lowest BCUT2D eigenvalue weighted by Gasteiger charge is -2.14. The summed E-state index contributed by atoms with van der Waals surface area (Å²) in [5.41, 5.74) is 1.29. The van der Waals surface area contributed by atoms with Crippen LogP contribution in [0.3, 0.4) is 0 Å². The van der Waals surface area contributed by atoms with Gasteiger partial charge in [-0.1, -0.05) is 51.1 Å². The predicted octanol–water partition coefficient (Wildman–Crippen LogP) is 4.13. The Morgan fingerprint density at radius 3 is 2.48 bits per heavy atom. The van der Waals surface area contributed by atoms with Crippen molar-refractivity contribution < 1.29 is 4.79 Å². The Bertz CT molecular complexity index is 685. The average Bonchev–Trinajstić information content (AvgIpc) is 2.61. The number of hydrogen-bond acceptors (Lipinski definition) is 4. The standard InChI is InChI=1S/C20H28N4O/c1-5-15(4)22-18-13-17(20(25)21-12-11-14(2)3)23-19(24-18)16-9-7-6-8-10-16/h6-10,13-15H,5,11-12H2,1-4H3,(H,21,25)(H,22,23,24). The molecule has 1 aromatic carbocycles. The fourth-order valence-electron chi connectivity index (χ4n) is 2.27. The fourth-order valence-corrected chi connectivity index (χ4v) is 2.27. The minimum atomic E-state index is -0.160. The molecule has 0 saturated carbocycles. The molecule has 0 radical (unpaired) electrons. The minimum Gasteiger partial charge on any atom is -0.367 e. The Balaban J connectivity index is 2.28. The van der Waals surface area contributed by atoms with Crippen molar-refractivity contribution in [2.75, 3.05) is 11.9 Å². The first-order valence-electron chi connectivity index (χ1n) is 8.98. The molecule has 0 spiro atoms. The van der Waals surface area contributed by atoms with Gasteiger partial charge in [-0.3, -0.25) is 4.79 Å². The maximum absolute atomic E-state index is 12.5. The van der Waals surface area contributed by atoms with Crippen LogP contribution in [0.1, 0.15) is 51.0 Å². The van der Waals surface area contributed by atoms with Gasteiger partial charge in [-0.05, 0) is 25.7 Å². The van der Waals surface area contributed by atoms with E-state index in [2.05, 4.69) is 48.3 Å². The molecule has 1 heterocycles. The molecule has 0 fully saturated rings. The lowest BCUT2D eigenvalue weighted by molar-refractivity contribution is 0.0947. The second-order valence-corrected chi connectivity index (χ2v) is 6.72. The molecule has 0 bridgehead atoms. The Hall–Kier alpha value is -2.43. The second kappa shape index (κ2) is 9.16. The van der Waals surface area contributed by atoms with Crippen molar-refractivity contribution in [3.8, 4) is 11.4 Å². The lowest BCUT2D eigenvalue weighted by atomic mass is 10.1. The summed E-state index contributed by atoms with van der Waals surface area (Å²) in [4.78, 5) is 21.5. The van der Waals surface area contributed by atoms with Crippen molar-refractivity contribution in [2.24, 2.45) is 5.92 Å². The van der Waals surface area contributed by atoms with Gasteiger partial charge in [-0.15, -0.1) is 0 Å². The Kier molecular flexibility index (Phi) is 6.92. The second-order valence-electron chi connectivity index (χ2n) is 6.72. The first-order chi connectivity index (χ1) is 12.0. The highest BCUT2D eigenvalue weighted by Crippen LogP contribution is 2.18. The van der Waals surface area contributed by atoms with Gasteiger partial charge in [0.05, 0.1) is 0 Å². The number of nitrogens with one attached hydrogen (secondary N) is 2. The molecule has 134 valence electrons. The summed E-state index contributed by atoms with van der Waals surface area (Å²) in [5, 5.41) is 6.29. The number of rotatable bonds is 8. The summed E-state index contributed by atoms with van der Waals surface area (Å²) >= 11 is 0. The minimum absolute atomic E-state index is 0.160. The van der Waals surface area contributed by atoms with Crippen LogP contribution in [0.4, 0.5) is 5.82 Å². The van der Waals surface area contributed by atoms with Gasteiger partial charge in [0.1, 0.15) is 11.5 Å². The summed E-state index contributed by atoms with van der Waals surface area (Å²) < 4.78 is 0. The Morgan fingerprint density at radius 1 is 1.12 bits per heavy atom. The molecule has 2 N–H and O–H groups in total. The highest BCUT2D eigenvalue weighted by molar-refractivity contribution is 5.93. The number of carbonyl (C=O) groups is 1. The van der Waals surface area contributed by atoms with Gasteiger partial charge in [0.2, 0.25) is 0 Å². The SMILES string of the molecule is CCC(C)Nc1cc(C(=O)NCCC(C)C)nc(-c2ccccc2)n1.